The third-order valence-corrected chi connectivity index (χ3v) is 3.51. The number of carbonyl (C=O) groups is 2. The molecule has 0 aliphatic carbocycles. The second kappa shape index (κ2) is 7.96. The Kier molecular flexibility index (Phi) is 6.60. The molecule has 0 fully saturated rings. The Morgan fingerprint density at radius 1 is 1.30 bits per heavy atom. The molecule has 0 aliphatic heterocycles. The highest BCUT2D eigenvalue weighted by atomic mass is 79.9. The van der Waals surface area contributed by atoms with Gasteiger partial charge in [-0.3, -0.25) is 20.4 Å². The van der Waals surface area contributed by atoms with E-state index in [4.69, 9.17) is 12.2 Å². The molecule has 0 radical (unpaired) electrons. The fourth-order valence-electron chi connectivity index (χ4n) is 1.37. The maximum atomic E-state index is 11.9. The Hall–Kier alpha value is -1.47. The van der Waals surface area contributed by atoms with Crippen molar-refractivity contribution in [3.8, 4) is 0 Å². The fourth-order valence-corrected chi connectivity index (χ4v) is 1.91. The molecule has 108 valence electrons. The lowest BCUT2D eigenvalue weighted by molar-refractivity contribution is -0.119. The maximum Gasteiger partial charge on any atom is 0.269 e. The van der Waals surface area contributed by atoms with Gasteiger partial charge >= 0.3 is 0 Å². The molecule has 0 bridgehead atoms. The standard InChI is InChI=1S/C13H16BrN3O2S/c1-3-4-11(18)15-13(20)17-16-12(19)9-6-5-8(2)10(14)7-9/h5-7H,3-4H2,1-2H3,(H,16,19)(H2,15,17,18,20). The number of rotatable bonds is 3. The SMILES string of the molecule is CCCC(=O)NC(=S)NNC(=O)c1ccc(C)c(Br)c1. The van der Waals surface area contributed by atoms with Crippen LogP contribution in [0.5, 0.6) is 0 Å². The van der Waals surface area contributed by atoms with Gasteiger partial charge in [-0.2, -0.15) is 0 Å². The van der Waals surface area contributed by atoms with E-state index in [9.17, 15) is 9.59 Å². The summed E-state index contributed by atoms with van der Waals surface area (Å²) >= 11 is 8.25. The average Bonchev–Trinajstić information content (AvgIpc) is 2.39. The van der Waals surface area contributed by atoms with Crippen LogP contribution in [-0.4, -0.2) is 16.9 Å². The summed E-state index contributed by atoms with van der Waals surface area (Å²) in [4.78, 5) is 23.2. The maximum absolute atomic E-state index is 11.9. The van der Waals surface area contributed by atoms with Gasteiger partial charge in [-0.15, -0.1) is 0 Å². The summed E-state index contributed by atoms with van der Waals surface area (Å²) in [6.07, 6.45) is 1.12. The first kappa shape index (κ1) is 16.6. The van der Waals surface area contributed by atoms with Crippen molar-refractivity contribution < 1.29 is 9.59 Å². The van der Waals surface area contributed by atoms with E-state index in [1.54, 1.807) is 12.1 Å². The molecule has 0 aliphatic rings. The summed E-state index contributed by atoms with van der Waals surface area (Å²) in [7, 11) is 0. The number of carbonyl (C=O) groups excluding carboxylic acids is 2. The van der Waals surface area contributed by atoms with Crippen molar-refractivity contribution in [1.82, 2.24) is 16.2 Å². The van der Waals surface area contributed by atoms with Crippen LogP contribution >= 0.6 is 28.1 Å². The Bertz CT molecular complexity index is 534. The molecule has 1 aromatic rings. The first-order chi connectivity index (χ1) is 9.43. The van der Waals surface area contributed by atoms with E-state index in [1.807, 2.05) is 19.9 Å². The van der Waals surface area contributed by atoms with Gasteiger partial charge in [-0.1, -0.05) is 28.9 Å². The molecule has 3 N–H and O–H groups in total. The largest absolute Gasteiger partial charge is 0.302 e. The molecule has 1 aromatic carbocycles. The number of aryl methyl sites for hydroxylation is 1. The highest BCUT2D eigenvalue weighted by Crippen LogP contribution is 2.17. The summed E-state index contributed by atoms with van der Waals surface area (Å²) < 4.78 is 0.851. The van der Waals surface area contributed by atoms with Gasteiger partial charge in [-0.05, 0) is 43.3 Å². The van der Waals surface area contributed by atoms with E-state index in [-0.39, 0.29) is 16.9 Å². The predicted octanol–water partition coefficient (Wildman–Crippen LogP) is 2.19. The van der Waals surface area contributed by atoms with Gasteiger partial charge in [-0.25, -0.2) is 0 Å². The average molecular weight is 358 g/mol. The smallest absolute Gasteiger partial charge is 0.269 e. The van der Waals surface area contributed by atoms with E-state index >= 15 is 0 Å². The molecule has 0 unspecified atom stereocenters. The van der Waals surface area contributed by atoms with E-state index in [0.717, 1.165) is 16.5 Å². The van der Waals surface area contributed by atoms with E-state index < -0.39 is 0 Å². The lowest BCUT2D eigenvalue weighted by Crippen LogP contribution is -2.48. The van der Waals surface area contributed by atoms with Gasteiger partial charge in [0.25, 0.3) is 5.91 Å². The number of hydrazine groups is 1. The zero-order valence-corrected chi connectivity index (χ0v) is 13.7. The van der Waals surface area contributed by atoms with Crippen molar-refractivity contribution in [2.45, 2.75) is 26.7 Å². The molecular weight excluding hydrogens is 342 g/mol. The van der Waals surface area contributed by atoms with Crippen molar-refractivity contribution in [2.75, 3.05) is 0 Å². The van der Waals surface area contributed by atoms with Crippen LogP contribution in [0.4, 0.5) is 0 Å². The van der Waals surface area contributed by atoms with E-state index in [2.05, 4.69) is 32.1 Å². The van der Waals surface area contributed by atoms with Crippen LogP contribution < -0.4 is 16.2 Å². The van der Waals surface area contributed by atoms with Gasteiger partial charge in [0.05, 0.1) is 0 Å². The molecule has 0 saturated heterocycles. The van der Waals surface area contributed by atoms with Crippen LogP contribution in [0.15, 0.2) is 22.7 Å². The van der Waals surface area contributed by atoms with Gasteiger partial charge in [0, 0.05) is 16.5 Å². The van der Waals surface area contributed by atoms with Crippen LogP contribution in [0.3, 0.4) is 0 Å². The molecule has 0 spiro atoms. The normalized spacial score (nSPS) is 9.75. The summed E-state index contributed by atoms with van der Waals surface area (Å²) in [5.41, 5.74) is 6.44. The topological polar surface area (TPSA) is 70.2 Å². The summed E-state index contributed by atoms with van der Waals surface area (Å²) in [5, 5.41) is 2.54. The minimum absolute atomic E-state index is 0.0722. The molecule has 20 heavy (non-hydrogen) atoms. The van der Waals surface area contributed by atoms with Gasteiger partial charge in [0.1, 0.15) is 0 Å². The van der Waals surface area contributed by atoms with Crippen LogP contribution in [0.1, 0.15) is 35.7 Å². The van der Waals surface area contributed by atoms with Crippen LogP contribution in [0, 0.1) is 6.92 Å². The second-order valence-electron chi connectivity index (χ2n) is 4.17. The molecule has 2 amide bonds. The molecule has 0 heterocycles. The van der Waals surface area contributed by atoms with Crippen molar-refractivity contribution in [1.29, 1.82) is 0 Å². The quantitative estimate of drug-likeness (QED) is 0.572. The minimum Gasteiger partial charge on any atom is -0.302 e. The number of hydrogen-bond donors (Lipinski definition) is 3. The molecule has 5 nitrogen and oxygen atoms in total. The monoisotopic (exact) mass is 357 g/mol. The van der Waals surface area contributed by atoms with Gasteiger partial charge in [0.2, 0.25) is 5.91 Å². The molecule has 0 aromatic heterocycles. The first-order valence-corrected chi connectivity index (χ1v) is 7.30. The van der Waals surface area contributed by atoms with E-state index in [0.29, 0.717) is 12.0 Å². The van der Waals surface area contributed by atoms with Crippen LogP contribution in [0.2, 0.25) is 0 Å². The lowest BCUT2D eigenvalue weighted by atomic mass is 10.1. The number of benzene rings is 1. The molecule has 7 heteroatoms. The highest BCUT2D eigenvalue weighted by molar-refractivity contribution is 9.10. The van der Waals surface area contributed by atoms with Crippen molar-refractivity contribution in [3.05, 3.63) is 33.8 Å². The van der Waals surface area contributed by atoms with Crippen LogP contribution in [0.25, 0.3) is 0 Å². The number of nitrogens with one attached hydrogen (secondary N) is 3. The first-order valence-electron chi connectivity index (χ1n) is 6.10. The molecule has 0 atom stereocenters. The lowest BCUT2D eigenvalue weighted by Gasteiger charge is -2.11. The summed E-state index contributed by atoms with van der Waals surface area (Å²) in [6.45, 7) is 3.83. The second-order valence-corrected chi connectivity index (χ2v) is 5.43. The Morgan fingerprint density at radius 3 is 2.60 bits per heavy atom. The van der Waals surface area contributed by atoms with Crippen LogP contribution in [-0.2, 0) is 4.79 Å². The van der Waals surface area contributed by atoms with Gasteiger partial charge < -0.3 is 5.32 Å². The van der Waals surface area contributed by atoms with Crippen molar-refractivity contribution in [3.63, 3.8) is 0 Å². The van der Waals surface area contributed by atoms with Crippen molar-refractivity contribution in [2.24, 2.45) is 0 Å². The fraction of sp³-hybridized carbons (Fsp3) is 0.308. The molecule has 1 rings (SSSR count). The number of thiocarbonyl (C=S) groups is 1. The third kappa shape index (κ3) is 5.26. The Balaban J connectivity index is 2.48. The highest BCUT2D eigenvalue weighted by Gasteiger charge is 2.08. The third-order valence-electron chi connectivity index (χ3n) is 2.45. The van der Waals surface area contributed by atoms with Crippen molar-refractivity contribution >= 4 is 45.1 Å². The number of hydrogen-bond acceptors (Lipinski definition) is 3. The number of amides is 2. The summed E-state index contributed by atoms with van der Waals surface area (Å²) in [6, 6.07) is 5.25. The Labute approximate surface area is 131 Å². The summed E-state index contributed by atoms with van der Waals surface area (Å²) in [5.74, 6) is -0.518. The van der Waals surface area contributed by atoms with Gasteiger partial charge in [0.15, 0.2) is 5.11 Å². The molecule has 0 saturated carbocycles. The zero-order valence-electron chi connectivity index (χ0n) is 11.2. The van der Waals surface area contributed by atoms with E-state index in [1.165, 1.54) is 0 Å². The number of halogens is 1. The predicted molar refractivity (Wildman–Crippen MR) is 85.1 cm³/mol. The minimum atomic E-state index is -0.335. The molecular formula is C13H16BrN3O2S. The Morgan fingerprint density at radius 2 is 2.00 bits per heavy atom. The zero-order chi connectivity index (χ0) is 15.1.